The smallest absolute Gasteiger partial charge is 0.340 e. The van der Waals surface area contributed by atoms with Crippen LogP contribution in [0.5, 0.6) is 0 Å². The van der Waals surface area contributed by atoms with Gasteiger partial charge in [0, 0.05) is 17.8 Å². The summed E-state index contributed by atoms with van der Waals surface area (Å²) in [6, 6.07) is 13.5. The van der Waals surface area contributed by atoms with Crippen LogP contribution in [-0.4, -0.2) is 25.0 Å². The van der Waals surface area contributed by atoms with Crippen molar-refractivity contribution in [3.8, 4) is 0 Å². The number of likely N-dealkylation sites (N-methyl/N-ethyl adjacent to an activating group) is 1. The minimum Gasteiger partial charge on any atom is -0.449 e. The Hall–Kier alpha value is -2.04. The molecule has 0 radical (unpaired) electrons. The quantitative estimate of drug-likeness (QED) is 0.775. The minimum absolute atomic E-state index is 0.165. The summed E-state index contributed by atoms with van der Waals surface area (Å²) in [7, 11) is 1.62. The Morgan fingerprint density at radius 3 is 2.35 bits per heavy atom. The van der Waals surface area contributed by atoms with E-state index in [1.807, 2.05) is 18.2 Å². The number of carbonyl (C=O) groups excluding carboxylic acids is 2. The molecule has 120 valence electrons. The zero-order chi connectivity index (χ0) is 17.0. The van der Waals surface area contributed by atoms with Crippen molar-refractivity contribution in [2.75, 3.05) is 11.9 Å². The van der Waals surface area contributed by atoms with Crippen molar-refractivity contribution in [3.63, 3.8) is 0 Å². The van der Waals surface area contributed by atoms with Crippen LogP contribution < -0.4 is 4.90 Å². The van der Waals surface area contributed by atoms with Gasteiger partial charge in [0.25, 0.3) is 5.91 Å². The van der Waals surface area contributed by atoms with Gasteiger partial charge in [0.05, 0.1) is 10.6 Å². The van der Waals surface area contributed by atoms with E-state index < -0.39 is 12.1 Å². The summed E-state index contributed by atoms with van der Waals surface area (Å²) in [5, 5.41) is 0.595. The number of hydrogen-bond acceptors (Lipinski definition) is 3. The van der Waals surface area contributed by atoms with Crippen LogP contribution in [-0.2, 0) is 9.53 Å². The molecule has 2 aromatic carbocycles. The topological polar surface area (TPSA) is 46.6 Å². The van der Waals surface area contributed by atoms with Gasteiger partial charge in [-0.05, 0) is 37.3 Å². The van der Waals surface area contributed by atoms with Crippen LogP contribution in [0, 0.1) is 0 Å². The average Bonchev–Trinajstić information content (AvgIpc) is 2.54. The lowest BCUT2D eigenvalue weighted by Gasteiger charge is -2.21. The monoisotopic (exact) mass is 351 g/mol. The van der Waals surface area contributed by atoms with Crippen LogP contribution >= 0.6 is 23.2 Å². The summed E-state index contributed by atoms with van der Waals surface area (Å²) >= 11 is 11.8. The van der Waals surface area contributed by atoms with Crippen LogP contribution in [0.25, 0.3) is 0 Å². The number of hydrogen-bond donors (Lipinski definition) is 0. The molecule has 0 aliphatic rings. The fourth-order valence-electron chi connectivity index (χ4n) is 1.98. The maximum Gasteiger partial charge on any atom is 0.340 e. The largest absolute Gasteiger partial charge is 0.449 e. The van der Waals surface area contributed by atoms with E-state index in [1.165, 1.54) is 30.0 Å². The van der Waals surface area contributed by atoms with Crippen molar-refractivity contribution in [2.45, 2.75) is 13.0 Å². The number of anilines is 1. The first-order valence-corrected chi connectivity index (χ1v) is 7.64. The van der Waals surface area contributed by atoms with Crippen LogP contribution in [0.2, 0.25) is 10.0 Å². The highest BCUT2D eigenvalue weighted by atomic mass is 35.5. The maximum absolute atomic E-state index is 12.3. The summed E-state index contributed by atoms with van der Waals surface area (Å²) in [6.45, 7) is 1.52. The summed E-state index contributed by atoms with van der Waals surface area (Å²) in [4.78, 5) is 25.9. The van der Waals surface area contributed by atoms with Gasteiger partial charge in [0.1, 0.15) is 0 Å². The van der Waals surface area contributed by atoms with Crippen molar-refractivity contribution >= 4 is 40.8 Å². The van der Waals surface area contributed by atoms with Gasteiger partial charge in [-0.25, -0.2) is 4.79 Å². The second-order valence-corrected chi connectivity index (χ2v) is 5.75. The normalized spacial score (nSPS) is 11.7. The van der Waals surface area contributed by atoms with Gasteiger partial charge in [0.15, 0.2) is 6.10 Å². The van der Waals surface area contributed by atoms with Gasteiger partial charge >= 0.3 is 5.97 Å². The Labute approximate surface area is 144 Å². The molecule has 0 aliphatic carbocycles. The Morgan fingerprint density at radius 1 is 1.09 bits per heavy atom. The number of carbonyl (C=O) groups is 2. The lowest BCUT2D eigenvalue weighted by molar-refractivity contribution is -0.126. The van der Waals surface area contributed by atoms with E-state index in [1.54, 1.807) is 19.2 Å². The fraction of sp³-hybridized carbons (Fsp3) is 0.176. The highest BCUT2D eigenvalue weighted by Gasteiger charge is 2.24. The lowest BCUT2D eigenvalue weighted by atomic mass is 10.2. The maximum atomic E-state index is 12.3. The number of esters is 1. The van der Waals surface area contributed by atoms with Gasteiger partial charge in [0.2, 0.25) is 0 Å². The number of rotatable bonds is 4. The molecule has 2 rings (SSSR count). The molecule has 0 saturated carbocycles. The molecule has 0 aliphatic heterocycles. The van der Waals surface area contributed by atoms with Gasteiger partial charge in [-0.2, -0.15) is 0 Å². The van der Waals surface area contributed by atoms with E-state index in [0.29, 0.717) is 10.7 Å². The molecular weight excluding hydrogens is 337 g/mol. The van der Waals surface area contributed by atoms with E-state index in [2.05, 4.69) is 0 Å². The Bertz CT molecular complexity index is 719. The van der Waals surface area contributed by atoms with Gasteiger partial charge < -0.3 is 9.64 Å². The molecule has 1 amide bonds. The van der Waals surface area contributed by atoms with Crippen molar-refractivity contribution in [2.24, 2.45) is 0 Å². The average molecular weight is 352 g/mol. The molecule has 0 aromatic heterocycles. The molecule has 0 unspecified atom stereocenters. The third-order valence-electron chi connectivity index (χ3n) is 3.26. The summed E-state index contributed by atoms with van der Waals surface area (Å²) in [6.07, 6.45) is -0.945. The van der Waals surface area contributed by atoms with Crippen molar-refractivity contribution in [1.82, 2.24) is 0 Å². The molecule has 0 heterocycles. The predicted molar refractivity (Wildman–Crippen MR) is 91.2 cm³/mol. The molecule has 6 heteroatoms. The number of para-hydroxylation sites is 1. The van der Waals surface area contributed by atoms with Crippen LogP contribution in [0.4, 0.5) is 5.69 Å². The molecule has 0 bridgehead atoms. The van der Waals surface area contributed by atoms with Gasteiger partial charge in [-0.3, -0.25) is 4.79 Å². The standard InChI is InChI=1S/C17H15Cl2NO3/c1-11(16(21)20(2)13-6-4-3-5-7-13)23-17(22)14-9-8-12(18)10-15(14)19/h3-11H,1-2H3/t11-/m1/s1. The number of benzene rings is 2. The third kappa shape index (κ3) is 4.24. The fourth-order valence-corrected chi connectivity index (χ4v) is 2.47. The molecule has 23 heavy (non-hydrogen) atoms. The van der Waals surface area contributed by atoms with E-state index in [0.717, 1.165) is 0 Å². The van der Waals surface area contributed by atoms with Crippen LogP contribution in [0.15, 0.2) is 48.5 Å². The summed E-state index contributed by atoms with van der Waals surface area (Å²) < 4.78 is 5.20. The van der Waals surface area contributed by atoms with E-state index >= 15 is 0 Å². The summed E-state index contributed by atoms with van der Waals surface area (Å²) in [5.41, 5.74) is 0.878. The molecule has 0 fully saturated rings. The zero-order valence-electron chi connectivity index (χ0n) is 12.6. The molecule has 4 nitrogen and oxygen atoms in total. The zero-order valence-corrected chi connectivity index (χ0v) is 14.1. The first-order chi connectivity index (χ1) is 10.9. The predicted octanol–water partition coefficient (Wildman–Crippen LogP) is 4.20. The van der Waals surface area contributed by atoms with Crippen LogP contribution in [0.3, 0.4) is 0 Å². The Kier molecular flexibility index (Phi) is 5.64. The highest BCUT2D eigenvalue weighted by Crippen LogP contribution is 2.22. The molecule has 2 aromatic rings. The number of halogens is 2. The summed E-state index contributed by atoms with van der Waals surface area (Å²) in [5.74, 6) is -1.01. The van der Waals surface area contributed by atoms with Crippen LogP contribution in [0.1, 0.15) is 17.3 Å². The number of ether oxygens (including phenoxy) is 1. The van der Waals surface area contributed by atoms with E-state index in [4.69, 9.17) is 27.9 Å². The molecule has 0 spiro atoms. The van der Waals surface area contributed by atoms with Gasteiger partial charge in [-0.1, -0.05) is 41.4 Å². The molecule has 1 atom stereocenters. The van der Waals surface area contributed by atoms with Crippen molar-refractivity contribution in [1.29, 1.82) is 0 Å². The minimum atomic E-state index is -0.945. The third-order valence-corrected chi connectivity index (χ3v) is 3.80. The van der Waals surface area contributed by atoms with Gasteiger partial charge in [-0.15, -0.1) is 0 Å². The molecule has 0 saturated heterocycles. The van der Waals surface area contributed by atoms with E-state index in [-0.39, 0.29) is 16.5 Å². The highest BCUT2D eigenvalue weighted by molar-refractivity contribution is 6.36. The van der Waals surface area contributed by atoms with Crippen molar-refractivity contribution < 1.29 is 14.3 Å². The Balaban J connectivity index is 2.07. The first kappa shape index (κ1) is 17.3. The second kappa shape index (κ2) is 7.49. The second-order valence-electron chi connectivity index (χ2n) is 4.90. The Morgan fingerprint density at radius 2 is 1.74 bits per heavy atom. The molecule has 0 N–H and O–H groups in total. The molecular formula is C17H15Cl2NO3. The first-order valence-electron chi connectivity index (χ1n) is 6.89. The van der Waals surface area contributed by atoms with Crippen molar-refractivity contribution in [3.05, 3.63) is 64.1 Å². The number of nitrogens with zero attached hydrogens (tertiary/aromatic N) is 1. The van der Waals surface area contributed by atoms with E-state index in [9.17, 15) is 9.59 Å². The number of amides is 1. The SMILES string of the molecule is C[C@@H](OC(=O)c1ccc(Cl)cc1Cl)C(=O)N(C)c1ccccc1. The lowest BCUT2D eigenvalue weighted by Crippen LogP contribution is -2.37.